The summed E-state index contributed by atoms with van der Waals surface area (Å²) < 4.78 is 5.98. The molecule has 0 spiro atoms. The molecule has 2 radical (unpaired) electrons. The standard InChI is InChI=1S/C9H19ClOSi2/c1-4-13(5-2,6-3)11-8-7-9-12-10/h7,9H,4-6,8H2,1-3H3. The van der Waals surface area contributed by atoms with Gasteiger partial charge in [0.2, 0.25) is 8.83 Å². The fourth-order valence-corrected chi connectivity index (χ4v) is 4.39. The zero-order valence-corrected chi connectivity index (χ0v) is 11.5. The van der Waals surface area contributed by atoms with Crippen LogP contribution in [0.4, 0.5) is 0 Å². The van der Waals surface area contributed by atoms with Crippen LogP contribution in [0.3, 0.4) is 0 Å². The molecule has 0 aliphatic heterocycles. The van der Waals surface area contributed by atoms with Crippen LogP contribution in [0.5, 0.6) is 0 Å². The van der Waals surface area contributed by atoms with Crippen LogP contribution in [-0.4, -0.2) is 23.8 Å². The monoisotopic (exact) mass is 234 g/mol. The number of halogens is 1. The average Bonchev–Trinajstić information content (AvgIpc) is 2.20. The molecule has 0 amide bonds. The normalized spacial score (nSPS) is 12.6. The highest BCUT2D eigenvalue weighted by Gasteiger charge is 2.27. The van der Waals surface area contributed by atoms with Gasteiger partial charge in [-0.2, -0.15) is 11.1 Å². The Kier molecular flexibility index (Phi) is 8.05. The Morgan fingerprint density at radius 1 is 1.23 bits per heavy atom. The van der Waals surface area contributed by atoms with Gasteiger partial charge in [0.05, 0.1) is 6.61 Å². The van der Waals surface area contributed by atoms with Crippen molar-refractivity contribution in [1.29, 1.82) is 0 Å². The molecule has 0 saturated heterocycles. The Morgan fingerprint density at radius 3 is 2.15 bits per heavy atom. The highest BCUT2D eigenvalue weighted by molar-refractivity contribution is 6.96. The van der Waals surface area contributed by atoms with Gasteiger partial charge in [-0.05, 0) is 18.1 Å². The fraction of sp³-hybridized carbons (Fsp3) is 0.778. The molecule has 0 fully saturated rings. The van der Waals surface area contributed by atoms with Crippen LogP contribution in [0.1, 0.15) is 20.8 Å². The van der Waals surface area contributed by atoms with Gasteiger partial charge < -0.3 is 4.43 Å². The second-order valence-electron chi connectivity index (χ2n) is 3.07. The molecule has 0 heterocycles. The van der Waals surface area contributed by atoms with Crippen molar-refractivity contribution < 1.29 is 4.43 Å². The van der Waals surface area contributed by atoms with E-state index in [0.29, 0.717) is 8.83 Å². The highest BCUT2D eigenvalue weighted by Crippen LogP contribution is 2.21. The summed E-state index contributed by atoms with van der Waals surface area (Å²) in [6.07, 6.45) is 2.04. The van der Waals surface area contributed by atoms with Gasteiger partial charge in [-0.25, -0.2) is 0 Å². The van der Waals surface area contributed by atoms with E-state index >= 15 is 0 Å². The van der Waals surface area contributed by atoms with Gasteiger partial charge in [0.1, 0.15) is 0 Å². The van der Waals surface area contributed by atoms with Crippen molar-refractivity contribution in [3.05, 3.63) is 11.8 Å². The quantitative estimate of drug-likeness (QED) is 0.485. The summed E-state index contributed by atoms with van der Waals surface area (Å²) in [4.78, 5) is 0. The molecule has 0 saturated carbocycles. The van der Waals surface area contributed by atoms with Crippen molar-refractivity contribution in [1.82, 2.24) is 0 Å². The first kappa shape index (κ1) is 13.4. The molecule has 76 valence electrons. The Balaban J connectivity index is 3.88. The summed E-state index contributed by atoms with van der Waals surface area (Å²) >= 11 is 5.55. The SMILES string of the molecule is CC[Si](CC)(CC)OCC=C[Si]Cl. The molecule has 13 heavy (non-hydrogen) atoms. The molecule has 0 aliphatic rings. The maximum Gasteiger partial charge on any atom is 0.202 e. The van der Waals surface area contributed by atoms with Crippen LogP contribution in [0.2, 0.25) is 18.1 Å². The Hall–Kier alpha value is 0.424. The predicted octanol–water partition coefficient (Wildman–Crippen LogP) is 3.38. The maximum absolute atomic E-state index is 5.98. The van der Waals surface area contributed by atoms with Crippen molar-refractivity contribution in [2.75, 3.05) is 6.61 Å². The van der Waals surface area contributed by atoms with Crippen LogP contribution in [0, 0.1) is 0 Å². The molecule has 4 heteroatoms. The summed E-state index contributed by atoms with van der Waals surface area (Å²) in [6.45, 7) is 7.48. The first-order valence-electron chi connectivity index (χ1n) is 4.89. The summed E-state index contributed by atoms with van der Waals surface area (Å²) in [5.41, 5.74) is 1.97. The van der Waals surface area contributed by atoms with E-state index in [4.69, 9.17) is 15.5 Å². The summed E-state index contributed by atoms with van der Waals surface area (Å²) in [7, 11) is -0.979. The molecular formula is C9H19ClOSi2. The van der Waals surface area contributed by atoms with Crippen LogP contribution in [0.15, 0.2) is 11.8 Å². The molecule has 0 aliphatic carbocycles. The van der Waals surface area contributed by atoms with Gasteiger partial charge in [0, 0.05) is 0 Å². The molecule has 0 atom stereocenters. The van der Waals surface area contributed by atoms with Gasteiger partial charge in [-0.3, -0.25) is 0 Å². The van der Waals surface area contributed by atoms with Crippen molar-refractivity contribution in [3.63, 3.8) is 0 Å². The van der Waals surface area contributed by atoms with E-state index in [1.807, 2.05) is 11.8 Å². The van der Waals surface area contributed by atoms with Gasteiger partial charge in [-0.1, -0.05) is 32.5 Å². The maximum atomic E-state index is 5.98. The van der Waals surface area contributed by atoms with E-state index in [2.05, 4.69) is 20.8 Å². The first-order valence-corrected chi connectivity index (χ1v) is 9.51. The van der Waals surface area contributed by atoms with E-state index in [9.17, 15) is 0 Å². The zero-order chi connectivity index (χ0) is 10.2. The van der Waals surface area contributed by atoms with Crippen LogP contribution >= 0.6 is 11.1 Å². The van der Waals surface area contributed by atoms with Gasteiger partial charge in [-0.15, -0.1) is 0 Å². The number of rotatable bonds is 7. The van der Waals surface area contributed by atoms with Crippen molar-refractivity contribution in [2.24, 2.45) is 0 Å². The molecule has 1 nitrogen and oxygen atoms in total. The van der Waals surface area contributed by atoms with Gasteiger partial charge >= 0.3 is 0 Å². The number of hydrogen-bond donors (Lipinski definition) is 0. The molecule has 0 bridgehead atoms. The Bertz CT molecular complexity index is 138. The third kappa shape index (κ3) is 5.00. The van der Waals surface area contributed by atoms with E-state index in [1.165, 1.54) is 18.1 Å². The minimum Gasteiger partial charge on any atom is -0.413 e. The summed E-state index contributed by atoms with van der Waals surface area (Å²) in [5.74, 6) is 0. The minimum absolute atomic E-state index is 0.380. The first-order chi connectivity index (χ1) is 6.24. The topological polar surface area (TPSA) is 9.23 Å². The smallest absolute Gasteiger partial charge is 0.202 e. The van der Waals surface area contributed by atoms with E-state index in [-0.39, 0.29) is 0 Å². The third-order valence-corrected chi connectivity index (χ3v) is 7.98. The lowest BCUT2D eigenvalue weighted by atomic mass is 10.7. The minimum atomic E-state index is -1.36. The van der Waals surface area contributed by atoms with E-state index in [0.717, 1.165) is 6.61 Å². The largest absolute Gasteiger partial charge is 0.413 e. The summed E-state index contributed by atoms with van der Waals surface area (Å²) in [6, 6.07) is 3.66. The summed E-state index contributed by atoms with van der Waals surface area (Å²) in [5, 5.41) is 0. The highest BCUT2D eigenvalue weighted by atomic mass is 35.6. The van der Waals surface area contributed by atoms with Crippen molar-refractivity contribution >= 4 is 28.2 Å². The molecular weight excluding hydrogens is 216 g/mol. The molecule has 0 aromatic heterocycles. The zero-order valence-electron chi connectivity index (χ0n) is 8.77. The second-order valence-corrected chi connectivity index (χ2v) is 9.05. The molecule has 0 unspecified atom stereocenters. The van der Waals surface area contributed by atoms with Crippen molar-refractivity contribution in [2.45, 2.75) is 38.9 Å². The lowest BCUT2D eigenvalue weighted by Gasteiger charge is -2.27. The van der Waals surface area contributed by atoms with Crippen LogP contribution in [-0.2, 0) is 4.43 Å². The fourth-order valence-electron chi connectivity index (χ4n) is 1.37. The van der Waals surface area contributed by atoms with Gasteiger partial charge in [0.15, 0.2) is 8.32 Å². The Labute approximate surface area is 90.2 Å². The third-order valence-electron chi connectivity index (χ3n) is 2.60. The molecule has 0 rings (SSSR count). The molecule has 0 aromatic rings. The van der Waals surface area contributed by atoms with Gasteiger partial charge in [0.25, 0.3) is 0 Å². The predicted molar refractivity (Wildman–Crippen MR) is 63.9 cm³/mol. The van der Waals surface area contributed by atoms with E-state index in [1.54, 1.807) is 0 Å². The van der Waals surface area contributed by atoms with Crippen molar-refractivity contribution in [3.8, 4) is 0 Å². The average molecular weight is 235 g/mol. The van der Waals surface area contributed by atoms with Crippen LogP contribution in [0.25, 0.3) is 0 Å². The number of hydrogen-bond acceptors (Lipinski definition) is 1. The second kappa shape index (κ2) is 7.79. The van der Waals surface area contributed by atoms with Crippen LogP contribution < -0.4 is 0 Å². The lowest BCUT2D eigenvalue weighted by molar-refractivity contribution is 0.343. The molecule has 0 N–H and O–H groups in total. The van der Waals surface area contributed by atoms with E-state index < -0.39 is 8.32 Å². The Morgan fingerprint density at radius 2 is 1.77 bits per heavy atom. The molecule has 0 aromatic carbocycles. The lowest BCUT2D eigenvalue weighted by Crippen LogP contribution is -2.35.